The molecule has 1 aromatic rings. The van der Waals surface area contributed by atoms with Gasteiger partial charge in [-0.3, -0.25) is 0 Å². The highest BCUT2D eigenvalue weighted by Gasteiger charge is 2.22. The summed E-state index contributed by atoms with van der Waals surface area (Å²) in [6.45, 7) is 6.83. The van der Waals surface area contributed by atoms with Crippen LogP contribution in [-0.4, -0.2) is 6.04 Å². The van der Waals surface area contributed by atoms with E-state index < -0.39 is 0 Å². The van der Waals surface area contributed by atoms with Crippen molar-refractivity contribution < 1.29 is 0 Å². The summed E-state index contributed by atoms with van der Waals surface area (Å²) in [5, 5.41) is 3.82. The number of hydrogen-bond acceptors (Lipinski definition) is 1. The molecular weight excluding hydrogens is 254 g/mol. The molecule has 1 unspecified atom stereocenters. The number of nitrogens with one attached hydrogen (secondary N) is 1. The maximum Gasteiger partial charge on any atom is 0.0422 e. The Balaban J connectivity index is 1.91. The van der Waals surface area contributed by atoms with Crippen molar-refractivity contribution in [3.05, 3.63) is 47.1 Å². The van der Waals surface area contributed by atoms with E-state index in [4.69, 9.17) is 0 Å². The lowest BCUT2D eigenvalue weighted by atomic mass is 9.93. The molecular formula is C20H27N. The van der Waals surface area contributed by atoms with Gasteiger partial charge in [0.1, 0.15) is 0 Å². The van der Waals surface area contributed by atoms with Crippen molar-refractivity contribution in [3.8, 4) is 0 Å². The molecule has 1 fully saturated rings. The molecule has 0 radical (unpaired) electrons. The highest BCUT2D eigenvalue weighted by molar-refractivity contribution is 5.89. The minimum Gasteiger partial charge on any atom is -0.382 e. The smallest absolute Gasteiger partial charge is 0.0422 e. The van der Waals surface area contributed by atoms with Crippen molar-refractivity contribution in [2.24, 2.45) is 5.92 Å². The first-order valence-corrected chi connectivity index (χ1v) is 8.42. The van der Waals surface area contributed by atoms with Crippen LogP contribution in [0.15, 0.2) is 41.5 Å². The van der Waals surface area contributed by atoms with Gasteiger partial charge in [0.25, 0.3) is 0 Å². The molecule has 0 heterocycles. The molecule has 1 N–H and O–H groups in total. The molecule has 112 valence electrons. The molecule has 1 nitrogen and oxygen atoms in total. The van der Waals surface area contributed by atoms with E-state index in [1.54, 1.807) is 0 Å². The summed E-state index contributed by atoms with van der Waals surface area (Å²) < 4.78 is 0. The lowest BCUT2D eigenvalue weighted by Gasteiger charge is -2.26. The van der Waals surface area contributed by atoms with Gasteiger partial charge < -0.3 is 5.32 Å². The molecule has 0 saturated heterocycles. The Morgan fingerprint density at radius 1 is 1.00 bits per heavy atom. The van der Waals surface area contributed by atoms with Crippen molar-refractivity contribution in [2.75, 3.05) is 5.32 Å². The fourth-order valence-corrected chi connectivity index (χ4v) is 3.84. The lowest BCUT2D eigenvalue weighted by Crippen LogP contribution is -2.22. The molecule has 1 atom stereocenters. The molecule has 1 saturated carbocycles. The zero-order chi connectivity index (χ0) is 14.8. The Bertz CT molecular complexity index is 573. The zero-order valence-corrected chi connectivity index (χ0v) is 13.6. The van der Waals surface area contributed by atoms with Crippen LogP contribution >= 0.6 is 0 Å². The van der Waals surface area contributed by atoms with Crippen molar-refractivity contribution in [1.29, 1.82) is 0 Å². The number of allylic oxidation sites excluding steroid dienone is 4. The second kappa shape index (κ2) is 6.09. The van der Waals surface area contributed by atoms with Gasteiger partial charge in [-0.1, -0.05) is 56.0 Å². The summed E-state index contributed by atoms with van der Waals surface area (Å²) in [4.78, 5) is 0. The van der Waals surface area contributed by atoms with E-state index in [2.05, 4.69) is 56.4 Å². The zero-order valence-electron chi connectivity index (χ0n) is 13.6. The maximum absolute atomic E-state index is 3.82. The SMILES string of the molecule is CC1=CC(C)C(C)=C1c1ccccc1NC1CCCCC1. The topological polar surface area (TPSA) is 12.0 Å². The second-order valence-electron chi connectivity index (χ2n) is 6.72. The van der Waals surface area contributed by atoms with Crippen molar-refractivity contribution in [2.45, 2.75) is 58.9 Å². The molecule has 0 aromatic heterocycles. The number of anilines is 1. The Labute approximate surface area is 129 Å². The van der Waals surface area contributed by atoms with Crippen LogP contribution in [0, 0.1) is 5.92 Å². The van der Waals surface area contributed by atoms with Crippen LogP contribution in [0.3, 0.4) is 0 Å². The van der Waals surface area contributed by atoms with E-state index in [-0.39, 0.29) is 0 Å². The van der Waals surface area contributed by atoms with Gasteiger partial charge in [0, 0.05) is 17.3 Å². The highest BCUT2D eigenvalue weighted by Crippen LogP contribution is 2.40. The minimum absolute atomic E-state index is 0.572. The van der Waals surface area contributed by atoms with Gasteiger partial charge >= 0.3 is 0 Å². The van der Waals surface area contributed by atoms with E-state index >= 15 is 0 Å². The van der Waals surface area contributed by atoms with E-state index in [0.717, 1.165) is 0 Å². The monoisotopic (exact) mass is 281 g/mol. The van der Waals surface area contributed by atoms with Crippen LogP contribution in [0.5, 0.6) is 0 Å². The summed E-state index contributed by atoms with van der Waals surface area (Å²) in [6.07, 6.45) is 9.18. The van der Waals surface area contributed by atoms with Crippen LogP contribution in [0.25, 0.3) is 5.57 Å². The largest absolute Gasteiger partial charge is 0.382 e. The molecule has 0 spiro atoms. The third-order valence-corrected chi connectivity index (χ3v) is 5.13. The Morgan fingerprint density at radius 2 is 1.71 bits per heavy atom. The van der Waals surface area contributed by atoms with E-state index in [9.17, 15) is 0 Å². The van der Waals surface area contributed by atoms with Crippen molar-refractivity contribution >= 4 is 11.3 Å². The van der Waals surface area contributed by atoms with E-state index in [0.29, 0.717) is 12.0 Å². The molecule has 0 aliphatic heterocycles. The molecule has 2 aliphatic carbocycles. The fraction of sp³-hybridized carbons (Fsp3) is 0.500. The van der Waals surface area contributed by atoms with Gasteiger partial charge in [0.2, 0.25) is 0 Å². The van der Waals surface area contributed by atoms with Crippen LogP contribution in [0.4, 0.5) is 5.69 Å². The lowest BCUT2D eigenvalue weighted by molar-refractivity contribution is 0.462. The standard InChI is InChI=1S/C20H27N/c1-14-13-15(2)20(16(14)3)18-11-7-8-12-19(18)21-17-9-5-4-6-10-17/h7-8,11-14,17,21H,4-6,9-10H2,1-3H3. The summed E-state index contributed by atoms with van der Waals surface area (Å²) in [6, 6.07) is 9.50. The first-order valence-electron chi connectivity index (χ1n) is 8.42. The third-order valence-electron chi connectivity index (χ3n) is 5.13. The van der Waals surface area contributed by atoms with Crippen molar-refractivity contribution in [1.82, 2.24) is 0 Å². The molecule has 1 heteroatoms. The van der Waals surface area contributed by atoms with Crippen LogP contribution in [0.2, 0.25) is 0 Å². The number of benzene rings is 1. The molecule has 1 aromatic carbocycles. The normalized spacial score (nSPS) is 23.4. The van der Waals surface area contributed by atoms with Gasteiger partial charge in [-0.05, 0) is 49.8 Å². The van der Waals surface area contributed by atoms with Crippen molar-refractivity contribution in [3.63, 3.8) is 0 Å². The summed E-state index contributed by atoms with van der Waals surface area (Å²) in [5.74, 6) is 0.572. The molecule has 0 bridgehead atoms. The van der Waals surface area contributed by atoms with E-state index in [1.807, 2.05) is 0 Å². The Morgan fingerprint density at radius 3 is 2.38 bits per heavy atom. The molecule has 0 amide bonds. The number of para-hydroxylation sites is 1. The molecule has 3 rings (SSSR count). The third kappa shape index (κ3) is 2.92. The highest BCUT2D eigenvalue weighted by atomic mass is 14.9. The Hall–Kier alpha value is -1.50. The average molecular weight is 281 g/mol. The summed E-state index contributed by atoms with van der Waals surface area (Å²) >= 11 is 0. The van der Waals surface area contributed by atoms with Gasteiger partial charge in [0.15, 0.2) is 0 Å². The van der Waals surface area contributed by atoms with Crippen LogP contribution in [-0.2, 0) is 0 Å². The fourth-order valence-electron chi connectivity index (χ4n) is 3.84. The quantitative estimate of drug-likeness (QED) is 0.738. The number of hydrogen-bond donors (Lipinski definition) is 1. The molecule has 21 heavy (non-hydrogen) atoms. The summed E-state index contributed by atoms with van der Waals surface area (Å²) in [5.41, 5.74) is 7.10. The molecule has 2 aliphatic rings. The van der Waals surface area contributed by atoms with Gasteiger partial charge in [-0.15, -0.1) is 0 Å². The van der Waals surface area contributed by atoms with E-state index in [1.165, 1.54) is 60.1 Å². The van der Waals surface area contributed by atoms with Crippen LogP contribution in [0.1, 0.15) is 58.4 Å². The maximum atomic E-state index is 3.82. The predicted octanol–water partition coefficient (Wildman–Crippen LogP) is 5.80. The second-order valence-corrected chi connectivity index (χ2v) is 6.72. The summed E-state index contributed by atoms with van der Waals surface area (Å²) in [7, 11) is 0. The van der Waals surface area contributed by atoms with Gasteiger partial charge in [-0.2, -0.15) is 0 Å². The first kappa shape index (κ1) is 14.4. The van der Waals surface area contributed by atoms with Gasteiger partial charge in [-0.25, -0.2) is 0 Å². The minimum atomic E-state index is 0.572. The average Bonchev–Trinajstić information content (AvgIpc) is 2.74. The Kier molecular flexibility index (Phi) is 4.19. The number of rotatable bonds is 3. The predicted molar refractivity (Wildman–Crippen MR) is 92.5 cm³/mol. The van der Waals surface area contributed by atoms with Gasteiger partial charge in [0.05, 0.1) is 0 Å². The first-order chi connectivity index (χ1) is 10.2. The van der Waals surface area contributed by atoms with Crippen LogP contribution < -0.4 is 5.32 Å².